The number of ether oxygens (including phenoxy) is 1. The molecule has 0 unspecified atom stereocenters. The van der Waals surface area contributed by atoms with Crippen molar-refractivity contribution in [3.05, 3.63) is 28.2 Å². The number of nitrogens with zero attached hydrogens (tertiary/aromatic N) is 1. The molecule has 2 atom stereocenters. The van der Waals surface area contributed by atoms with Crippen LogP contribution in [0.4, 0.5) is 5.69 Å². The highest BCUT2D eigenvalue weighted by atomic mass is 79.9. The van der Waals surface area contributed by atoms with Gasteiger partial charge in [0.2, 0.25) is 5.91 Å². The van der Waals surface area contributed by atoms with E-state index >= 15 is 0 Å². The van der Waals surface area contributed by atoms with Gasteiger partial charge in [0.15, 0.2) is 0 Å². The van der Waals surface area contributed by atoms with Crippen molar-refractivity contribution in [1.29, 1.82) is 0 Å². The first-order chi connectivity index (χ1) is 10.9. The molecule has 0 saturated carbocycles. The molecule has 3 nitrogen and oxygen atoms in total. The van der Waals surface area contributed by atoms with Crippen molar-refractivity contribution in [2.24, 2.45) is 5.92 Å². The molecule has 23 heavy (non-hydrogen) atoms. The zero-order valence-corrected chi connectivity index (χ0v) is 15.9. The number of benzene rings is 1. The zero-order valence-electron chi connectivity index (χ0n) is 14.3. The molecule has 1 aromatic carbocycles. The average Bonchev–Trinajstić information content (AvgIpc) is 2.54. The molecule has 4 heteroatoms. The molecule has 126 valence electrons. The first kappa shape index (κ1) is 17.0. The van der Waals surface area contributed by atoms with Crippen LogP contribution in [0.25, 0.3) is 0 Å². The van der Waals surface area contributed by atoms with Gasteiger partial charge < -0.3 is 9.64 Å². The number of amides is 1. The molecule has 3 rings (SSSR count). The molecule has 1 saturated heterocycles. The minimum absolute atomic E-state index is 0.0988. The molecule has 0 radical (unpaired) electrons. The Kier molecular flexibility index (Phi) is 4.84. The standard InChI is InChI=1S/C19H26BrNO2/c1-4-15-11-13(7-10-23-15)18(22)21-9-8-19(2,3)16-6-5-14(20)12-17(16)21/h5-6,12-13,15H,4,7-11H2,1-3H3/t13-,15-/m0/s1. The fraction of sp³-hybridized carbons (Fsp3) is 0.632. The molecular weight excluding hydrogens is 354 g/mol. The second kappa shape index (κ2) is 6.56. The Hall–Kier alpha value is -0.870. The van der Waals surface area contributed by atoms with Crippen LogP contribution < -0.4 is 4.90 Å². The molecular formula is C19H26BrNO2. The molecule has 0 N–H and O–H groups in total. The lowest BCUT2D eigenvalue weighted by atomic mass is 9.77. The van der Waals surface area contributed by atoms with Crippen LogP contribution in [0.1, 0.15) is 52.0 Å². The third-order valence-corrected chi connectivity index (χ3v) is 5.87. The Balaban J connectivity index is 1.89. The van der Waals surface area contributed by atoms with Crippen LogP contribution in [0, 0.1) is 5.92 Å². The maximum Gasteiger partial charge on any atom is 0.230 e. The van der Waals surface area contributed by atoms with Crippen molar-refractivity contribution in [1.82, 2.24) is 0 Å². The molecule has 2 aliphatic rings. The third kappa shape index (κ3) is 3.34. The van der Waals surface area contributed by atoms with Gasteiger partial charge in [-0.2, -0.15) is 0 Å². The van der Waals surface area contributed by atoms with E-state index in [1.807, 2.05) is 4.90 Å². The maximum atomic E-state index is 13.2. The lowest BCUT2D eigenvalue weighted by Gasteiger charge is -2.41. The van der Waals surface area contributed by atoms with Crippen molar-refractivity contribution in [3.63, 3.8) is 0 Å². The minimum Gasteiger partial charge on any atom is -0.378 e. The van der Waals surface area contributed by atoms with Gasteiger partial charge in [-0.25, -0.2) is 0 Å². The number of carbonyl (C=O) groups is 1. The van der Waals surface area contributed by atoms with Gasteiger partial charge in [0.05, 0.1) is 6.10 Å². The van der Waals surface area contributed by atoms with Gasteiger partial charge in [-0.05, 0) is 48.8 Å². The van der Waals surface area contributed by atoms with Crippen molar-refractivity contribution in [2.75, 3.05) is 18.1 Å². The molecule has 0 spiro atoms. The van der Waals surface area contributed by atoms with E-state index in [2.05, 4.69) is 54.9 Å². The van der Waals surface area contributed by atoms with E-state index in [0.29, 0.717) is 6.61 Å². The van der Waals surface area contributed by atoms with Gasteiger partial charge in [-0.1, -0.05) is 42.8 Å². The molecule has 2 heterocycles. The Bertz CT molecular complexity index is 599. The molecule has 2 aliphatic heterocycles. The van der Waals surface area contributed by atoms with E-state index in [9.17, 15) is 4.79 Å². The largest absolute Gasteiger partial charge is 0.378 e. The van der Waals surface area contributed by atoms with Crippen LogP contribution in [-0.4, -0.2) is 25.2 Å². The summed E-state index contributed by atoms with van der Waals surface area (Å²) < 4.78 is 6.77. The maximum absolute atomic E-state index is 13.2. The molecule has 0 bridgehead atoms. The fourth-order valence-corrected chi connectivity index (χ4v) is 4.13. The predicted octanol–water partition coefficient (Wildman–Crippen LogP) is 4.67. The first-order valence-corrected chi connectivity index (χ1v) is 9.44. The van der Waals surface area contributed by atoms with Crippen LogP contribution in [0.2, 0.25) is 0 Å². The van der Waals surface area contributed by atoms with Gasteiger partial charge in [0.25, 0.3) is 0 Å². The summed E-state index contributed by atoms with van der Waals surface area (Å²) in [5.74, 6) is 0.378. The summed E-state index contributed by atoms with van der Waals surface area (Å²) in [6.45, 7) is 8.18. The second-order valence-electron chi connectivity index (χ2n) is 7.41. The smallest absolute Gasteiger partial charge is 0.230 e. The van der Waals surface area contributed by atoms with E-state index in [-0.39, 0.29) is 23.3 Å². The normalized spacial score (nSPS) is 26.7. The quantitative estimate of drug-likeness (QED) is 0.746. The topological polar surface area (TPSA) is 29.5 Å². The van der Waals surface area contributed by atoms with Crippen LogP contribution in [0.5, 0.6) is 0 Å². The summed E-state index contributed by atoms with van der Waals surface area (Å²) in [7, 11) is 0. The summed E-state index contributed by atoms with van der Waals surface area (Å²) >= 11 is 3.56. The highest BCUT2D eigenvalue weighted by molar-refractivity contribution is 9.10. The summed E-state index contributed by atoms with van der Waals surface area (Å²) in [4.78, 5) is 15.2. The van der Waals surface area contributed by atoms with E-state index in [1.54, 1.807) is 0 Å². The number of halogens is 1. The highest BCUT2D eigenvalue weighted by Gasteiger charge is 2.37. The number of anilines is 1. The summed E-state index contributed by atoms with van der Waals surface area (Å²) in [5.41, 5.74) is 2.48. The molecule has 0 aromatic heterocycles. The van der Waals surface area contributed by atoms with Crippen molar-refractivity contribution >= 4 is 27.5 Å². The summed E-state index contributed by atoms with van der Waals surface area (Å²) in [6.07, 6.45) is 3.94. The van der Waals surface area contributed by atoms with Crippen LogP contribution in [0.15, 0.2) is 22.7 Å². The van der Waals surface area contributed by atoms with Crippen LogP contribution >= 0.6 is 15.9 Å². The summed E-state index contributed by atoms with van der Waals surface area (Å²) in [5, 5.41) is 0. The monoisotopic (exact) mass is 379 g/mol. The number of carbonyl (C=O) groups excluding carboxylic acids is 1. The third-order valence-electron chi connectivity index (χ3n) is 5.38. The fourth-order valence-electron chi connectivity index (χ4n) is 3.79. The van der Waals surface area contributed by atoms with Gasteiger partial charge in [0.1, 0.15) is 0 Å². The van der Waals surface area contributed by atoms with Gasteiger partial charge >= 0.3 is 0 Å². The highest BCUT2D eigenvalue weighted by Crippen LogP contribution is 2.42. The Labute approximate surface area is 147 Å². The molecule has 1 fully saturated rings. The number of hydrogen-bond acceptors (Lipinski definition) is 2. The first-order valence-electron chi connectivity index (χ1n) is 8.65. The number of rotatable bonds is 2. The minimum atomic E-state index is 0.0988. The number of fused-ring (bicyclic) bond motifs is 1. The van der Waals surface area contributed by atoms with Crippen LogP contribution in [-0.2, 0) is 14.9 Å². The zero-order chi connectivity index (χ0) is 16.6. The van der Waals surface area contributed by atoms with E-state index in [0.717, 1.165) is 42.4 Å². The Morgan fingerprint density at radius 1 is 1.43 bits per heavy atom. The average molecular weight is 380 g/mol. The van der Waals surface area contributed by atoms with Gasteiger partial charge in [-0.15, -0.1) is 0 Å². The summed E-state index contributed by atoms with van der Waals surface area (Å²) in [6, 6.07) is 6.35. The van der Waals surface area contributed by atoms with Crippen LogP contribution in [0.3, 0.4) is 0 Å². The van der Waals surface area contributed by atoms with Crippen molar-refractivity contribution in [3.8, 4) is 0 Å². The van der Waals surface area contributed by atoms with E-state index in [4.69, 9.17) is 4.74 Å². The lowest BCUT2D eigenvalue weighted by Crippen LogP contribution is -2.45. The van der Waals surface area contributed by atoms with Gasteiger partial charge in [0, 0.05) is 29.2 Å². The molecule has 1 amide bonds. The second-order valence-corrected chi connectivity index (χ2v) is 8.32. The Morgan fingerprint density at radius 3 is 2.96 bits per heavy atom. The predicted molar refractivity (Wildman–Crippen MR) is 96.9 cm³/mol. The SMILES string of the molecule is CC[C@H]1C[C@@H](C(=O)N2CCC(C)(C)c3ccc(Br)cc32)CCO1. The lowest BCUT2D eigenvalue weighted by molar-refractivity contribution is -0.127. The van der Waals surface area contributed by atoms with E-state index in [1.165, 1.54) is 5.56 Å². The molecule has 0 aliphatic carbocycles. The number of hydrogen-bond donors (Lipinski definition) is 0. The van der Waals surface area contributed by atoms with E-state index < -0.39 is 0 Å². The Morgan fingerprint density at radius 2 is 2.22 bits per heavy atom. The molecule has 1 aromatic rings. The van der Waals surface area contributed by atoms with Crippen molar-refractivity contribution < 1.29 is 9.53 Å². The van der Waals surface area contributed by atoms with Gasteiger partial charge in [-0.3, -0.25) is 4.79 Å². The van der Waals surface area contributed by atoms with Crippen molar-refractivity contribution in [2.45, 2.75) is 58.0 Å².